The Morgan fingerprint density at radius 1 is 1.03 bits per heavy atom. The molecule has 0 radical (unpaired) electrons. The number of hydrogen-bond acceptors (Lipinski definition) is 4. The number of carbonyl (C=O) groups is 1. The zero-order valence-corrected chi connectivity index (χ0v) is 18.8. The van der Waals surface area contributed by atoms with Gasteiger partial charge in [0.05, 0.1) is 10.7 Å². The number of para-hydroxylation sites is 1. The van der Waals surface area contributed by atoms with Gasteiger partial charge in [0, 0.05) is 15.4 Å². The summed E-state index contributed by atoms with van der Waals surface area (Å²) in [5.41, 5.74) is 4.93. The van der Waals surface area contributed by atoms with Crippen LogP contribution in [0.5, 0.6) is 5.75 Å². The summed E-state index contributed by atoms with van der Waals surface area (Å²) in [7, 11) is 0. The Labute approximate surface area is 190 Å². The maximum atomic E-state index is 12.4. The van der Waals surface area contributed by atoms with Gasteiger partial charge in [0.25, 0.3) is 0 Å². The van der Waals surface area contributed by atoms with Gasteiger partial charge in [-0.3, -0.25) is 4.79 Å². The largest absolute Gasteiger partial charge is 0.488 e. The quantitative estimate of drug-likeness (QED) is 0.236. The number of halogens is 2. The number of amides is 1. The van der Waals surface area contributed by atoms with E-state index in [0.717, 1.165) is 25.5 Å². The smallest absolute Gasteiger partial charge is 0.307 e. The number of benzene rings is 3. The molecule has 1 heterocycles. The molecule has 0 aliphatic heterocycles. The third kappa shape index (κ3) is 4.80. The van der Waals surface area contributed by atoms with Crippen LogP contribution < -0.4 is 10.2 Å². The molecule has 7 heteroatoms. The first-order chi connectivity index (χ1) is 14.6. The molecule has 30 heavy (non-hydrogen) atoms. The number of hydrogen-bond donors (Lipinski definition) is 1. The van der Waals surface area contributed by atoms with E-state index in [4.69, 9.17) is 9.15 Å². The van der Waals surface area contributed by atoms with Crippen molar-refractivity contribution in [2.45, 2.75) is 6.61 Å². The van der Waals surface area contributed by atoms with Gasteiger partial charge in [-0.05, 0) is 51.8 Å². The van der Waals surface area contributed by atoms with Crippen LogP contribution in [0.4, 0.5) is 0 Å². The lowest BCUT2D eigenvalue weighted by Gasteiger charge is -2.08. The SMILES string of the molecule is O=C(N/N=C\c1ccccc1OCc1ccccc1)c1cc2cc(Br)cc(Br)c2o1. The van der Waals surface area contributed by atoms with Crippen molar-refractivity contribution in [1.29, 1.82) is 0 Å². The van der Waals surface area contributed by atoms with Gasteiger partial charge in [-0.15, -0.1) is 0 Å². The molecule has 1 N–H and O–H groups in total. The molecule has 0 aliphatic rings. The molecule has 0 atom stereocenters. The minimum atomic E-state index is -0.437. The van der Waals surface area contributed by atoms with E-state index in [1.165, 1.54) is 0 Å². The number of fused-ring (bicyclic) bond motifs is 1. The highest BCUT2D eigenvalue weighted by Crippen LogP contribution is 2.31. The first-order valence-corrected chi connectivity index (χ1v) is 10.7. The Morgan fingerprint density at radius 3 is 2.63 bits per heavy atom. The Bertz CT molecular complexity index is 1220. The molecular formula is C23H16Br2N2O3. The number of carbonyl (C=O) groups excluding carboxylic acids is 1. The first-order valence-electron chi connectivity index (χ1n) is 9.08. The molecule has 1 amide bonds. The van der Waals surface area contributed by atoms with Gasteiger partial charge in [0.1, 0.15) is 17.9 Å². The Kier molecular flexibility index (Phi) is 6.30. The van der Waals surface area contributed by atoms with Crippen LogP contribution in [0.25, 0.3) is 11.0 Å². The molecule has 0 aliphatic carbocycles. The normalized spacial score (nSPS) is 11.1. The summed E-state index contributed by atoms with van der Waals surface area (Å²) in [4.78, 5) is 12.4. The van der Waals surface area contributed by atoms with Crippen LogP contribution in [-0.2, 0) is 6.61 Å². The molecule has 0 saturated heterocycles. The van der Waals surface area contributed by atoms with Crippen molar-refractivity contribution >= 4 is 55.0 Å². The van der Waals surface area contributed by atoms with E-state index < -0.39 is 5.91 Å². The predicted octanol–water partition coefficient (Wildman–Crippen LogP) is 6.30. The second-order valence-electron chi connectivity index (χ2n) is 6.43. The highest BCUT2D eigenvalue weighted by atomic mass is 79.9. The predicted molar refractivity (Wildman–Crippen MR) is 124 cm³/mol. The van der Waals surface area contributed by atoms with E-state index in [2.05, 4.69) is 42.4 Å². The van der Waals surface area contributed by atoms with Gasteiger partial charge < -0.3 is 9.15 Å². The molecule has 5 nitrogen and oxygen atoms in total. The third-order valence-electron chi connectivity index (χ3n) is 4.29. The van der Waals surface area contributed by atoms with Crippen LogP contribution in [0.3, 0.4) is 0 Å². The monoisotopic (exact) mass is 526 g/mol. The molecule has 3 aromatic carbocycles. The van der Waals surface area contributed by atoms with E-state index in [9.17, 15) is 4.79 Å². The van der Waals surface area contributed by atoms with Crippen LogP contribution in [0, 0.1) is 0 Å². The standard InChI is InChI=1S/C23H16Br2N2O3/c24-18-10-17-11-21(30-22(17)19(25)12-18)23(28)27-26-13-16-8-4-5-9-20(16)29-14-15-6-2-1-3-7-15/h1-13H,14H2,(H,27,28)/b26-13-. The van der Waals surface area contributed by atoms with Gasteiger partial charge >= 0.3 is 5.91 Å². The highest BCUT2D eigenvalue weighted by molar-refractivity contribution is 9.11. The van der Waals surface area contributed by atoms with Crippen molar-refractivity contribution in [2.75, 3.05) is 0 Å². The van der Waals surface area contributed by atoms with E-state index in [1.54, 1.807) is 12.3 Å². The van der Waals surface area contributed by atoms with E-state index in [-0.39, 0.29) is 5.76 Å². The number of rotatable bonds is 6. The molecule has 4 aromatic rings. The summed E-state index contributed by atoms with van der Waals surface area (Å²) < 4.78 is 13.2. The average molecular weight is 528 g/mol. The lowest BCUT2D eigenvalue weighted by Crippen LogP contribution is -2.16. The minimum absolute atomic E-state index is 0.176. The van der Waals surface area contributed by atoms with Gasteiger partial charge in [0.2, 0.25) is 0 Å². The zero-order valence-electron chi connectivity index (χ0n) is 15.6. The topological polar surface area (TPSA) is 63.8 Å². The fraction of sp³-hybridized carbons (Fsp3) is 0.0435. The Morgan fingerprint density at radius 2 is 1.80 bits per heavy atom. The number of hydrazone groups is 1. The minimum Gasteiger partial charge on any atom is -0.488 e. The maximum absolute atomic E-state index is 12.4. The summed E-state index contributed by atoms with van der Waals surface area (Å²) in [6, 6.07) is 22.8. The maximum Gasteiger partial charge on any atom is 0.307 e. The van der Waals surface area contributed by atoms with E-state index >= 15 is 0 Å². The molecule has 0 saturated carbocycles. The molecule has 0 bridgehead atoms. The van der Waals surface area contributed by atoms with Crippen molar-refractivity contribution in [1.82, 2.24) is 5.43 Å². The number of nitrogens with zero attached hydrogens (tertiary/aromatic N) is 1. The van der Waals surface area contributed by atoms with Crippen molar-refractivity contribution in [3.8, 4) is 5.75 Å². The fourth-order valence-electron chi connectivity index (χ4n) is 2.86. The van der Waals surface area contributed by atoms with Gasteiger partial charge in [-0.2, -0.15) is 5.10 Å². The van der Waals surface area contributed by atoms with E-state index in [1.807, 2.05) is 66.7 Å². The van der Waals surface area contributed by atoms with Crippen molar-refractivity contribution in [3.63, 3.8) is 0 Å². The van der Waals surface area contributed by atoms with Crippen LogP contribution in [0.2, 0.25) is 0 Å². The molecule has 150 valence electrons. The molecule has 1 aromatic heterocycles. The molecule has 0 unspecified atom stereocenters. The molecular weight excluding hydrogens is 512 g/mol. The Balaban J connectivity index is 1.44. The van der Waals surface area contributed by atoms with Crippen LogP contribution in [0.15, 0.2) is 91.3 Å². The van der Waals surface area contributed by atoms with E-state index in [0.29, 0.717) is 17.9 Å². The van der Waals surface area contributed by atoms with Crippen molar-refractivity contribution in [3.05, 3.63) is 98.6 Å². The highest BCUT2D eigenvalue weighted by Gasteiger charge is 2.14. The zero-order chi connectivity index (χ0) is 20.9. The number of furan rings is 1. The van der Waals surface area contributed by atoms with Crippen LogP contribution in [-0.4, -0.2) is 12.1 Å². The second kappa shape index (κ2) is 9.28. The summed E-state index contributed by atoms with van der Waals surface area (Å²) >= 11 is 6.86. The summed E-state index contributed by atoms with van der Waals surface area (Å²) in [5.74, 6) is 0.416. The van der Waals surface area contributed by atoms with Gasteiger partial charge in [-0.1, -0.05) is 58.4 Å². The van der Waals surface area contributed by atoms with Crippen LogP contribution in [0.1, 0.15) is 21.7 Å². The van der Waals surface area contributed by atoms with Crippen molar-refractivity contribution < 1.29 is 13.9 Å². The summed E-state index contributed by atoms with van der Waals surface area (Å²) in [6.45, 7) is 0.446. The number of nitrogens with one attached hydrogen (secondary N) is 1. The molecule has 0 fully saturated rings. The number of ether oxygens (including phenoxy) is 1. The van der Waals surface area contributed by atoms with Crippen LogP contribution >= 0.6 is 31.9 Å². The van der Waals surface area contributed by atoms with Gasteiger partial charge in [0.15, 0.2) is 5.76 Å². The molecule has 4 rings (SSSR count). The first kappa shape index (κ1) is 20.4. The lowest BCUT2D eigenvalue weighted by atomic mass is 10.2. The molecule has 0 spiro atoms. The summed E-state index contributed by atoms with van der Waals surface area (Å²) in [6.07, 6.45) is 1.55. The Hall–Kier alpha value is -2.90. The summed E-state index contributed by atoms with van der Waals surface area (Å²) in [5, 5.41) is 4.87. The van der Waals surface area contributed by atoms with Crippen molar-refractivity contribution in [2.24, 2.45) is 5.10 Å². The van der Waals surface area contributed by atoms with Gasteiger partial charge in [-0.25, -0.2) is 5.43 Å². The lowest BCUT2D eigenvalue weighted by molar-refractivity contribution is 0.0929. The second-order valence-corrected chi connectivity index (χ2v) is 8.20. The third-order valence-corrected chi connectivity index (χ3v) is 5.33. The average Bonchev–Trinajstić information content (AvgIpc) is 3.18. The fourth-order valence-corrected chi connectivity index (χ4v) is 4.20.